The maximum Gasteiger partial charge on any atom is 0.224 e. The van der Waals surface area contributed by atoms with Crippen molar-refractivity contribution in [3.05, 3.63) is 23.3 Å². The minimum absolute atomic E-state index is 0.0142. The molecule has 0 spiro atoms. The highest BCUT2D eigenvalue weighted by Crippen LogP contribution is 2.30. The van der Waals surface area contributed by atoms with Crippen LogP contribution in [-0.2, 0) is 11.2 Å². The first-order valence-electron chi connectivity index (χ1n) is 5.98. The maximum absolute atomic E-state index is 11.7. The number of benzene rings is 1. The standard InChI is InChI=1S/C14H21NO3/c1-9(2)15-14(16)8-11-7-13(18-5)12(17-4)6-10(11)3/h6-7,9H,8H2,1-5H3,(H,15,16). The van der Waals surface area contributed by atoms with Gasteiger partial charge in [-0.15, -0.1) is 0 Å². The van der Waals surface area contributed by atoms with Crippen LogP contribution in [0.15, 0.2) is 12.1 Å². The molecule has 0 fully saturated rings. The van der Waals surface area contributed by atoms with Gasteiger partial charge in [0.1, 0.15) is 0 Å². The van der Waals surface area contributed by atoms with Crippen molar-refractivity contribution in [2.75, 3.05) is 14.2 Å². The van der Waals surface area contributed by atoms with Gasteiger partial charge in [0.05, 0.1) is 20.6 Å². The smallest absolute Gasteiger partial charge is 0.224 e. The molecule has 0 radical (unpaired) electrons. The summed E-state index contributed by atoms with van der Waals surface area (Å²) in [7, 11) is 3.19. The maximum atomic E-state index is 11.7. The largest absolute Gasteiger partial charge is 0.493 e. The number of aryl methyl sites for hydroxylation is 1. The summed E-state index contributed by atoms with van der Waals surface area (Å²) in [5.41, 5.74) is 1.97. The second-order valence-electron chi connectivity index (χ2n) is 4.53. The average molecular weight is 251 g/mol. The van der Waals surface area contributed by atoms with E-state index in [4.69, 9.17) is 9.47 Å². The molecule has 1 amide bonds. The van der Waals surface area contributed by atoms with Crippen LogP contribution in [0.2, 0.25) is 0 Å². The molecule has 1 N–H and O–H groups in total. The molecule has 0 aliphatic heterocycles. The third-order valence-electron chi connectivity index (χ3n) is 2.64. The molecule has 18 heavy (non-hydrogen) atoms. The Bertz CT molecular complexity index is 427. The van der Waals surface area contributed by atoms with Crippen LogP contribution in [-0.4, -0.2) is 26.2 Å². The first-order chi connectivity index (χ1) is 8.47. The SMILES string of the molecule is COc1cc(C)c(CC(=O)NC(C)C)cc1OC. The summed E-state index contributed by atoms with van der Waals surface area (Å²) in [6.45, 7) is 5.85. The first-order valence-corrected chi connectivity index (χ1v) is 5.98. The number of carbonyl (C=O) groups is 1. The van der Waals surface area contributed by atoms with Crippen molar-refractivity contribution >= 4 is 5.91 Å². The van der Waals surface area contributed by atoms with Crippen LogP contribution in [0.3, 0.4) is 0 Å². The summed E-state index contributed by atoms with van der Waals surface area (Å²) >= 11 is 0. The van der Waals surface area contributed by atoms with E-state index in [9.17, 15) is 4.79 Å². The molecule has 4 nitrogen and oxygen atoms in total. The second kappa shape index (κ2) is 6.28. The summed E-state index contributed by atoms with van der Waals surface area (Å²) in [6, 6.07) is 3.89. The van der Waals surface area contributed by atoms with Gasteiger partial charge >= 0.3 is 0 Å². The lowest BCUT2D eigenvalue weighted by atomic mass is 10.0. The van der Waals surface area contributed by atoms with Gasteiger partial charge in [-0.25, -0.2) is 0 Å². The Kier molecular flexibility index (Phi) is 5.01. The van der Waals surface area contributed by atoms with Crippen LogP contribution >= 0.6 is 0 Å². The van der Waals surface area contributed by atoms with E-state index in [-0.39, 0.29) is 11.9 Å². The monoisotopic (exact) mass is 251 g/mol. The Morgan fingerprint density at radius 2 is 1.78 bits per heavy atom. The van der Waals surface area contributed by atoms with Crippen molar-refractivity contribution in [1.29, 1.82) is 0 Å². The molecule has 100 valence electrons. The van der Waals surface area contributed by atoms with Crippen molar-refractivity contribution in [2.24, 2.45) is 0 Å². The average Bonchev–Trinajstić information content (AvgIpc) is 2.30. The number of methoxy groups -OCH3 is 2. The van der Waals surface area contributed by atoms with Gasteiger partial charge in [0.2, 0.25) is 5.91 Å². The fourth-order valence-electron chi connectivity index (χ4n) is 1.76. The molecule has 0 bridgehead atoms. The number of nitrogens with one attached hydrogen (secondary N) is 1. The third kappa shape index (κ3) is 3.65. The van der Waals surface area contributed by atoms with Crippen molar-refractivity contribution < 1.29 is 14.3 Å². The van der Waals surface area contributed by atoms with Gasteiger partial charge in [0, 0.05) is 6.04 Å². The van der Waals surface area contributed by atoms with Gasteiger partial charge in [-0.2, -0.15) is 0 Å². The van der Waals surface area contributed by atoms with E-state index in [1.165, 1.54) is 0 Å². The van der Waals surface area contributed by atoms with Crippen LogP contribution < -0.4 is 14.8 Å². The number of amides is 1. The van der Waals surface area contributed by atoms with E-state index in [0.717, 1.165) is 11.1 Å². The van der Waals surface area contributed by atoms with Crippen molar-refractivity contribution in [2.45, 2.75) is 33.2 Å². The van der Waals surface area contributed by atoms with Gasteiger partial charge in [-0.05, 0) is 44.0 Å². The van der Waals surface area contributed by atoms with E-state index in [1.807, 2.05) is 32.9 Å². The molecule has 0 unspecified atom stereocenters. The molecule has 1 aromatic carbocycles. The molecule has 0 atom stereocenters. The zero-order valence-corrected chi connectivity index (χ0v) is 11.7. The summed E-state index contributed by atoms with van der Waals surface area (Å²) in [5, 5.41) is 2.87. The fourth-order valence-corrected chi connectivity index (χ4v) is 1.76. The Balaban J connectivity index is 2.92. The number of hydrogen-bond donors (Lipinski definition) is 1. The zero-order valence-electron chi connectivity index (χ0n) is 11.7. The highest BCUT2D eigenvalue weighted by molar-refractivity contribution is 5.79. The molecule has 0 saturated heterocycles. The highest BCUT2D eigenvalue weighted by Gasteiger charge is 2.12. The molecule has 0 aliphatic carbocycles. The molecule has 0 aliphatic rings. The summed E-state index contributed by atoms with van der Waals surface area (Å²) in [6.07, 6.45) is 0.352. The van der Waals surface area contributed by atoms with Gasteiger partial charge < -0.3 is 14.8 Å². The van der Waals surface area contributed by atoms with Gasteiger partial charge in [0.25, 0.3) is 0 Å². The van der Waals surface area contributed by atoms with E-state index < -0.39 is 0 Å². The lowest BCUT2D eigenvalue weighted by Gasteiger charge is -2.13. The lowest BCUT2D eigenvalue weighted by molar-refractivity contribution is -0.120. The predicted molar refractivity (Wildman–Crippen MR) is 71.3 cm³/mol. The molecule has 0 saturated carbocycles. The molecule has 1 aromatic rings. The Morgan fingerprint density at radius 1 is 1.22 bits per heavy atom. The molecular formula is C14H21NO3. The van der Waals surface area contributed by atoms with Crippen molar-refractivity contribution in [1.82, 2.24) is 5.32 Å². The number of hydrogen-bond acceptors (Lipinski definition) is 3. The summed E-state index contributed by atoms with van der Waals surface area (Å²) in [5.74, 6) is 1.35. The van der Waals surface area contributed by atoms with Gasteiger partial charge in [-0.3, -0.25) is 4.79 Å². The molecule has 1 rings (SSSR count). The highest BCUT2D eigenvalue weighted by atomic mass is 16.5. The number of rotatable bonds is 5. The summed E-state index contributed by atoms with van der Waals surface area (Å²) in [4.78, 5) is 11.7. The molecule has 4 heteroatoms. The van der Waals surface area contributed by atoms with Crippen molar-refractivity contribution in [3.63, 3.8) is 0 Å². The van der Waals surface area contributed by atoms with E-state index in [1.54, 1.807) is 14.2 Å². The number of ether oxygens (including phenoxy) is 2. The quantitative estimate of drug-likeness (QED) is 0.871. The van der Waals surface area contributed by atoms with Gasteiger partial charge in [-0.1, -0.05) is 0 Å². The predicted octanol–water partition coefficient (Wildman–Crippen LogP) is 2.08. The Morgan fingerprint density at radius 3 is 2.28 bits per heavy atom. The van der Waals surface area contributed by atoms with Crippen LogP contribution in [0.1, 0.15) is 25.0 Å². The first kappa shape index (κ1) is 14.4. The van der Waals surface area contributed by atoms with Crippen LogP contribution in [0.5, 0.6) is 11.5 Å². The van der Waals surface area contributed by atoms with Crippen molar-refractivity contribution in [3.8, 4) is 11.5 Å². The topological polar surface area (TPSA) is 47.6 Å². The van der Waals surface area contributed by atoms with E-state index in [2.05, 4.69) is 5.32 Å². The van der Waals surface area contributed by atoms with E-state index >= 15 is 0 Å². The van der Waals surface area contributed by atoms with Crippen LogP contribution in [0, 0.1) is 6.92 Å². The fraction of sp³-hybridized carbons (Fsp3) is 0.500. The normalized spacial score (nSPS) is 10.3. The van der Waals surface area contributed by atoms with Gasteiger partial charge in [0.15, 0.2) is 11.5 Å². The minimum atomic E-state index is 0.0142. The Hall–Kier alpha value is -1.71. The second-order valence-corrected chi connectivity index (χ2v) is 4.53. The van der Waals surface area contributed by atoms with E-state index in [0.29, 0.717) is 17.9 Å². The molecule has 0 heterocycles. The molecular weight excluding hydrogens is 230 g/mol. The number of carbonyl (C=O) groups excluding carboxylic acids is 1. The summed E-state index contributed by atoms with van der Waals surface area (Å²) < 4.78 is 10.5. The minimum Gasteiger partial charge on any atom is -0.493 e. The third-order valence-corrected chi connectivity index (χ3v) is 2.64. The molecule has 0 aromatic heterocycles. The lowest BCUT2D eigenvalue weighted by Crippen LogP contribution is -2.31. The zero-order chi connectivity index (χ0) is 13.7. The van der Waals surface area contributed by atoms with Crippen LogP contribution in [0.25, 0.3) is 0 Å². The van der Waals surface area contributed by atoms with Crippen LogP contribution in [0.4, 0.5) is 0 Å². The Labute approximate surface area is 108 Å².